The van der Waals surface area contributed by atoms with Crippen LogP contribution in [-0.4, -0.2) is 11.7 Å². The summed E-state index contributed by atoms with van der Waals surface area (Å²) in [4.78, 5) is 0. The fourth-order valence-electron chi connectivity index (χ4n) is 1.80. The Balaban J connectivity index is 2.19. The molecule has 20 heavy (non-hydrogen) atoms. The molecule has 0 heterocycles. The van der Waals surface area contributed by atoms with Crippen LogP contribution in [0.15, 0.2) is 42.5 Å². The van der Waals surface area contributed by atoms with Gasteiger partial charge in [-0.3, -0.25) is 0 Å². The first-order chi connectivity index (χ1) is 9.70. The van der Waals surface area contributed by atoms with Gasteiger partial charge in [-0.05, 0) is 30.7 Å². The maximum absolute atomic E-state index is 13.2. The van der Waals surface area contributed by atoms with Crippen molar-refractivity contribution < 1.29 is 14.2 Å². The Labute approximate surface area is 117 Å². The van der Waals surface area contributed by atoms with Crippen molar-refractivity contribution in [2.75, 3.05) is 6.61 Å². The van der Waals surface area contributed by atoms with Gasteiger partial charge in [0, 0.05) is 11.1 Å². The van der Waals surface area contributed by atoms with Gasteiger partial charge >= 0.3 is 0 Å². The van der Waals surface area contributed by atoms with E-state index in [1.807, 2.05) is 31.2 Å². The molecule has 0 aliphatic rings. The van der Waals surface area contributed by atoms with Crippen molar-refractivity contribution in [3.63, 3.8) is 0 Å². The van der Waals surface area contributed by atoms with Gasteiger partial charge in [0.1, 0.15) is 24.8 Å². The van der Waals surface area contributed by atoms with Gasteiger partial charge in [-0.15, -0.1) is 0 Å². The third kappa shape index (κ3) is 3.59. The minimum Gasteiger partial charge on any atom is -0.489 e. The number of halogens is 1. The molecule has 0 aromatic heterocycles. The van der Waals surface area contributed by atoms with E-state index in [9.17, 15) is 4.39 Å². The standard InChI is InChI=1S/C17H15FO2/c1-13-5-2-3-7-17(13)20-12-15-8-9-16(18)11-14(15)6-4-10-19/h2-3,5,7-9,11,19H,10,12H2,1H3. The fourth-order valence-corrected chi connectivity index (χ4v) is 1.80. The lowest BCUT2D eigenvalue weighted by atomic mass is 10.1. The van der Waals surface area contributed by atoms with E-state index in [2.05, 4.69) is 11.8 Å². The molecule has 2 aromatic carbocycles. The summed E-state index contributed by atoms with van der Waals surface area (Å²) in [7, 11) is 0. The molecule has 0 atom stereocenters. The molecular formula is C17H15FO2. The molecule has 1 N–H and O–H groups in total. The summed E-state index contributed by atoms with van der Waals surface area (Å²) < 4.78 is 19.0. The summed E-state index contributed by atoms with van der Waals surface area (Å²) in [5.74, 6) is 5.69. The third-order valence-electron chi connectivity index (χ3n) is 2.85. The van der Waals surface area contributed by atoms with E-state index in [0.717, 1.165) is 16.9 Å². The zero-order chi connectivity index (χ0) is 14.4. The Bertz CT molecular complexity index is 654. The summed E-state index contributed by atoms with van der Waals surface area (Å²) in [6.45, 7) is 2.02. The van der Waals surface area contributed by atoms with Crippen LogP contribution in [0.25, 0.3) is 0 Å². The SMILES string of the molecule is Cc1ccccc1OCc1ccc(F)cc1C#CCO. The highest BCUT2D eigenvalue weighted by Gasteiger charge is 2.04. The largest absolute Gasteiger partial charge is 0.489 e. The number of hydrogen-bond acceptors (Lipinski definition) is 2. The second-order valence-electron chi connectivity index (χ2n) is 4.32. The Kier molecular flexibility index (Phi) is 4.75. The van der Waals surface area contributed by atoms with Crippen LogP contribution in [0.1, 0.15) is 16.7 Å². The molecule has 2 rings (SSSR count). The smallest absolute Gasteiger partial charge is 0.124 e. The first-order valence-corrected chi connectivity index (χ1v) is 6.27. The van der Waals surface area contributed by atoms with Crippen LogP contribution in [0.4, 0.5) is 4.39 Å². The molecule has 0 radical (unpaired) electrons. The number of aliphatic hydroxyl groups excluding tert-OH is 1. The van der Waals surface area contributed by atoms with Gasteiger partial charge in [0.25, 0.3) is 0 Å². The number of ether oxygens (including phenoxy) is 1. The summed E-state index contributed by atoms with van der Waals surface area (Å²) >= 11 is 0. The topological polar surface area (TPSA) is 29.5 Å². The summed E-state index contributed by atoms with van der Waals surface area (Å²) in [5.41, 5.74) is 2.36. The monoisotopic (exact) mass is 270 g/mol. The highest BCUT2D eigenvalue weighted by atomic mass is 19.1. The molecule has 0 aliphatic carbocycles. The molecule has 0 unspecified atom stereocenters. The van der Waals surface area contributed by atoms with Crippen LogP contribution in [0.5, 0.6) is 5.75 Å². The van der Waals surface area contributed by atoms with E-state index in [-0.39, 0.29) is 12.4 Å². The molecule has 2 nitrogen and oxygen atoms in total. The summed E-state index contributed by atoms with van der Waals surface area (Å²) in [5, 5.41) is 8.73. The summed E-state index contributed by atoms with van der Waals surface area (Å²) in [6, 6.07) is 12.1. The number of aliphatic hydroxyl groups is 1. The first kappa shape index (κ1) is 14.1. The number of hydrogen-bond donors (Lipinski definition) is 1. The third-order valence-corrected chi connectivity index (χ3v) is 2.85. The highest BCUT2D eigenvalue weighted by molar-refractivity contribution is 5.42. The van der Waals surface area contributed by atoms with Gasteiger partial charge in [0.05, 0.1) is 0 Å². The highest BCUT2D eigenvalue weighted by Crippen LogP contribution is 2.19. The van der Waals surface area contributed by atoms with Crippen LogP contribution in [-0.2, 0) is 6.61 Å². The Morgan fingerprint density at radius 3 is 2.75 bits per heavy atom. The van der Waals surface area contributed by atoms with Gasteiger partial charge in [0.2, 0.25) is 0 Å². The predicted octanol–water partition coefficient (Wildman–Crippen LogP) is 3.06. The molecule has 102 valence electrons. The second-order valence-corrected chi connectivity index (χ2v) is 4.32. The molecule has 0 saturated heterocycles. The molecule has 0 fully saturated rings. The molecule has 0 amide bonds. The normalized spacial score (nSPS) is 9.75. The van der Waals surface area contributed by atoms with Crippen molar-refractivity contribution in [3.8, 4) is 17.6 Å². The van der Waals surface area contributed by atoms with Crippen LogP contribution < -0.4 is 4.74 Å². The first-order valence-electron chi connectivity index (χ1n) is 6.27. The average Bonchev–Trinajstić information content (AvgIpc) is 2.45. The van der Waals surface area contributed by atoms with Crippen LogP contribution >= 0.6 is 0 Å². The minimum atomic E-state index is -0.355. The Morgan fingerprint density at radius 1 is 1.20 bits per heavy atom. The van der Waals surface area contributed by atoms with E-state index in [4.69, 9.17) is 9.84 Å². The number of aryl methyl sites for hydroxylation is 1. The lowest BCUT2D eigenvalue weighted by Gasteiger charge is -2.10. The minimum absolute atomic E-state index is 0.255. The quantitative estimate of drug-likeness (QED) is 0.869. The predicted molar refractivity (Wildman–Crippen MR) is 75.9 cm³/mol. The van der Waals surface area contributed by atoms with Crippen molar-refractivity contribution in [1.82, 2.24) is 0 Å². The average molecular weight is 270 g/mol. The van der Waals surface area contributed by atoms with Gasteiger partial charge < -0.3 is 9.84 Å². The molecule has 0 bridgehead atoms. The van der Waals surface area contributed by atoms with Crippen LogP contribution in [0, 0.1) is 24.6 Å². The van der Waals surface area contributed by atoms with Crippen molar-refractivity contribution in [3.05, 3.63) is 65.0 Å². The maximum Gasteiger partial charge on any atom is 0.124 e. The van der Waals surface area contributed by atoms with Crippen molar-refractivity contribution >= 4 is 0 Å². The van der Waals surface area contributed by atoms with E-state index < -0.39 is 0 Å². The van der Waals surface area contributed by atoms with Gasteiger partial charge in [0.15, 0.2) is 0 Å². The van der Waals surface area contributed by atoms with Gasteiger partial charge in [-0.1, -0.05) is 36.1 Å². The second kappa shape index (κ2) is 6.74. The number of rotatable bonds is 3. The Morgan fingerprint density at radius 2 is 2.00 bits per heavy atom. The molecular weight excluding hydrogens is 255 g/mol. The lowest BCUT2D eigenvalue weighted by molar-refractivity contribution is 0.303. The molecule has 0 aliphatic heterocycles. The van der Waals surface area contributed by atoms with Gasteiger partial charge in [-0.25, -0.2) is 4.39 Å². The lowest BCUT2D eigenvalue weighted by Crippen LogP contribution is -2.00. The Hall–Kier alpha value is -2.31. The van der Waals surface area contributed by atoms with E-state index in [0.29, 0.717) is 12.2 Å². The zero-order valence-corrected chi connectivity index (χ0v) is 11.2. The van der Waals surface area contributed by atoms with Crippen molar-refractivity contribution in [1.29, 1.82) is 0 Å². The van der Waals surface area contributed by atoms with Crippen molar-refractivity contribution in [2.45, 2.75) is 13.5 Å². The van der Waals surface area contributed by atoms with Gasteiger partial charge in [-0.2, -0.15) is 0 Å². The number of para-hydroxylation sites is 1. The molecule has 3 heteroatoms. The fraction of sp³-hybridized carbons (Fsp3) is 0.176. The molecule has 0 spiro atoms. The number of benzene rings is 2. The molecule has 0 saturated carbocycles. The molecule has 2 aromatic rings. The van der Waals surface area contributed by atoms with Crippen molar-refractivity contribution in [2.24, 2.45) is 0 Å². The van der Waals surface area contributed by atoms with Crippen LogP contribution in [0.2, 0.25) is 0 Å². The summed E-state index contributed by atoms with van der Waals surface area (Å²) in [6.07, 6.45) is 0. The van der Waals surface area contributed by atoms with E-state index >= 15 is 0 Å². The van der Waals surface area contributed by atoms with Crippen LogP contribution in [0.3, 0.4) is 0 Å². The maximum atomic E-state index is 13.2. The van der Waals surface area contributed by atoms with E-state index in [1.54, 1.807) is 6.07 Å². The van der Waals surface area contributed by atoms with E-state index in [1.165, 1.54) is 12.1 Å². The zero-order valence-electron chi connectivity index (χ0n) is 11.2.